The van der Waals surface area contributed by atoms with Gasteiger partial charge in [0.1, 0.15) is 24.4 Å². The van der Waals surface area contributed by atoms with Crippen LogP contribution < -0.4 is 5.32 Å². The molecule has 1 amide bonds. The van der Waals surface area contributed by atoms with Gasteiger partial charge in [-0.3, -0.25) is 9.59 Å². The molecule has 1 rings (SSSR count). The normalized spacial score (nSPS) is 19.1. The van der Waals surface area contributed by atoms with Crippen LogP contribution in [0.4, 0.5) is 0 Å². The molecule has 1 fully saturated rings. The molecule has 0 bridgehead atoms. The maximum absolute atomic E-state index is 13.0. The first-order valence-corrected chi connectivity index (χ1v) is 30.9. The first-order chi connectivity index (χ1) is 36.2. The van der Waals surface area contributed by atoms with Crippen LogP contribution >= 0.6 is 0 Å². The van der Waals surface area contributed by atoms with Crippen LogP contribution in [0.15, 0.2) is 48.6 Å². The van der Waals surface area contributed by atoms with Crippen molar-refractivity contribution in [3.63, 3.8) is 0 Å². The fourth-order valence-corrected chi connectivity index (χ4v) is 9.45. The highest BCUT2D eigenvalue weighted by molar-refractivity contribution is 5.76. The van der Waals surface area contributed by atoms with E-state index in [9.17, 15) is 35.1 Å². The molecule has 0 aromatic rings. The molecule has 0 aromatic carbocycles. The summed E-state index contributed by atoms with van der Waals surface area (Å²) in [6.45, 7) is 4.29. The van der Waals surface area contributed by atoms with Gasteiger partial charge in [-0.25, -0.2) is 0 Å². The number of unbranched alkanes of at least 4 members (excludes halogenated alkanes) is 33. The number of aliphatic hydroxyl groups is 5. The van der Waals surface area contributed by atoms with Gasteiger partial charge in [0.2, 0.25) is 5.91 Å². The van der Waals surface area contributed by atoms with Crippen molar-refractivity contribution in [3.05, 3.63) is 48.6 Å². The van der Waals surface area contributed by atoms with Crippen LogP contribution in [0, 0.1) is 0 Å². The quantitative estimate of drug-likeness (QED) is 0.0195. The lowest BCUT2D eigenvalue weighted by atomic mass is 9.99. The number of carbonyl (C=O) groups excluding carboxylic acids is 2. The van der Waals surface area contributed by atoms with Gasteiger partial charge in [0.15, 0.2) is 6.29 Å². The summed E-state index contributed by atoms with van der Waals surface area (Å²) >= 11 is 0. The first kappa shape index (κ1) is 69.6. The van der Waals surface area contributed by atoms with E-state index < -0.39 is 49.5 Å². The second-order valence-corrected chi connectivity index (χ2v) is 21.4. The average Bonchev–Trinajstić information content (AvgIpc) is 3.40. The summed E-state index contributed by atoms with van der Waals surface area (Å²) in [4.78, 5) is 25.0. The van der Waals surface area contributed by atoms with Crippen LogP contribution in [-0.2, 0) is 23.8 Å². The van der Waals surface area contributed by atoms with E-state index in [1.54, 1.807) is 6.08 Å². The Kier molecular flexibility index (Phi) is 49.6. The summed E-state index contributed by atoms with van der Waals surface area (Å²) in [5.41, 5.74) is 0. The minimum atomic E-state index is -1.57. The van der Waals surface area contributed by atoms with Gasteiger partial charge in [0.25, 0.3) is 0 Å². The zero-order valence-corrected chi connectivity index (χ0v) is 47.6. The Bertz CT molecular complexity index is 1370. The molecule has 0 saturated carbocycles. The molecule has 74 heavy (non-hydrogen) atoms. The SMILES string of the molecule is CCCC/C=C\CCCCCCCC(=O)OCCCCCCCCCCC/C=C\C/C=C\CCCCCCCCCC(=O)NC(COC1OC(CO)C(O)C(O)C1O)C(O)/C=C/CCCCCCCCCCCC. The molecule has 0 spiro atoms. The Morgan fingerprint density at radius 1 is 0.500 bits per heavy atom. The Morgan fingerprint density at radius 3 is 1.42 bits per heavy atom. The minimum absolute atomic E-state index is 0.0163. The molecule has 0 radical (unpaired) electrons. The van der Waals surface area contributed by atoms with Crippen molar-refractivity contribution in [2.24, 2.45) is 0 Å². The third kappa shape index (κ3) is 41.7. The van der Waals surface area contributed by atoms with Gasteiger partial charge in [-0.2, -0.15) is 0 Å². The fraction of sp³-hybridized carbons (Fsp3) is 0.841. The summed E-state index contributed by atoms with van der Waals surface area (Å²) in [5, 5.41) is 54.4. The standard InChI is InChI=1S/C63H115NO10/c1-3-5-7-9-11-13-15-30-33-37-41-45-49-56(66)55(54-73-63-62(71)61(70)60(69)57(53-65)74-63)64-58(67)50-46-42-38-34-31-27-25-23-21-19-17-16-18-20-22-24-26-28-32-36-40-44-48-52-72-59(68)51-47-43-39-35-29-14-12-10-8-6-4-2/h10,12,16,18-19,21,45,49,55-57,60-63,65-66,69-71H,3-9,11,13-15,17,20,22-44,46-48,50-54H2,1-2H3,(H,64,67)/b12-10-,18-16-,21-19-,49-45+. The Morgan fingerprint density at radius 2 is 0.919 bits per heavy atom. The van der Waals surface area contributed by atoms with Crippen LogP contribution in [0.25, 0.3) is 0 Å². The highest BCUT2D eigenvalue weighted by Crippen LogP contribution is 2.23. The number of hydrogen-bond acceptors (Lipinski definition) is 10. The van der Waals surface area contributed by atoms with E-state index in [0.717, 1.165) is 83.5 Å². The van der Waals surface area contributed by atoms with Crippen molar-refractivity contribution >= 4 is 11.9 Å². The van der Waals surface area contributed by atoms with Crippen molar-refractivity contribution in [3.8, 4) is 0 Å². The van der Waals surface area contributed by atoms with Gasteiger partial charge in [0.05, 0.1) is 32.0 Å². The molecular formula is C63H115NO10. The number of nitrogens with one attached hydrogen (secondary N) is 1. The zero-order chi connectivity index (χ0) is 53.8. The van der Waals surface area contributed by atoms with Crippen molar-refractivity contribution in [2.75, 3.05) is 19.8 Å². The maximum Gasteiger partial charge on any atom is 0.305 e. The van der Waals surface area contributed by atoms with E-state index in [0.29, 0.717) is 19.4 Å². The lowest BCUT2D eigenvalue weighted by molar-refractivity contribution is -0.302. The van der Waals surface area contributed by atoms with Crippen LogP contribution in [-0.4, -0.2) is 100 Å². The molecule has 11 heteroatoms. The predicted molar refractivity (Wildman–Crippen MR) is 306 cm³/mol. The Hall–Kier alpha value is -2.38. The first-order valence-electron chi connectivity index (χ1n) is 30.9. The van der Waals surface area contributed by atoms with Crippen LogP contribution in [0.1, 0.15) is 277 Å². The van der Waals surface area contributed by atoms with E-state index in [1.807, 2.05) is 6.08 Å². The molecule has 7 atom stereocenters. The summed E-state index contributed by atoms with van der Waals surface area (Å²) in [5.74, 6) is -0.209. The topological polar surface area (TPSA) is 175 Å². The largest absolute Gasteiger partial charge is 0.466 e. The molecular weight excluding hydrogens is 931 g/mol. The number of allylic oxidation sites excluding steroid dienone is 7. The number of amides is 1. The van der Waals surface area contributed by atoms with E-state index >= 15 is 0 Å². The second-order valence-electron chi connectivity index (χ2n) is 21.4. The van der Waals surface area contributed by atoms with Crippen LogP contribution in [0.2, 0.25) is 0 Å². The monoisotopic (exact) mass is 1050 g/mol. The van der Waals surface area contributed by atoms with Gasteiger partial charge < -0.3 is 45.1 Å². The zero-order valence-electron chi connectivity index (χ0n) is 47.6. The van der Waals surface area contributed by atoms with Crippen molar-refractivity contribution in [1.29, 1.82) is 0 Å². The average molecular weight is 1050 g/mol. The van der Waals surface area contributed by atoms with Crippen molar-refractivity contribution in [1.82, 2.24) is 5.32 Å². The predicted octanol–water partition coefficient (Wildman–Crippen LogP) is 14.5. The highest BCUT2D eigenvalue weighted by Gasteiger charge is 2.44. The number of aliphatic hydroxyl groups excluding tert-OH is 5. The number of esters is 1. The Labute approximate surface area is 453 Å². The molecule has 0 aliphatic carbocycles. The number of rotatable bonds is 53. The summed E-state index contributed by atoms with van der Waals surface area (Å²) in [6, 6.07) is -0.818. The second kappa shape index (κ2) is 52.7. The lowest BCUT2D eigenvalue weighted by Gasteiger charge is -2.40. The molecule has 432 valence electrons. The molecule has 1 saturated heterocycles. The molecule has 1 heterocycles. The van der Waals surface area contributed by atoms with Gasteiger partial charge >= 0.3 is 5.97 Å². The Balaban J connectivity index is 2.08. The highest BCUT2D eigenvalue weighted by atomic mass is 16.7. The molecule has 11 nitrogen and oxygen atoms in total. The molecule has 6 N–H and O–H groups in total. The molecule has 1 aliphatic heterocycles. The van der Waals surface area contributed by atoms with Gasteiger partial charge in [-0.05, 0) is 83.5 Å². The third-order valence-electron chi connectivity index (χ3n) is 14.4. The minimum Gasteiger partial charge on any atom is -0.466 e. The van der Waals surface area contributed by atoms with Crippen molar-refractivity contribution < 1.29 is 49.3 Å². The van der Waals surface area contributed by atoms with E-state index in [2.05, 4.69) is 55.6 Å². The molecule has 7 unspecified atom stereocenters. The van der Waals surface area contributed by atoms with Crippen molar-refractivity contribution in [2.45, 2.75) is 320 Å². The van der Waals surface area contributed by atoms with Gasteiger partial charge in [-0.1, -0.05) is 229 Å². The van der Waals surface area contributed by atoms with Gasteiger partial charge in [-0.15, -0.1) is 0 Å². The smallest absolute Gasteiger partial charge is 0.305 e. The summed E-state index contributed by atoms with van der Waals surface area (Å²) in [7, 11) is 0. The summed E-state index contributed by atoms with van der Waals surface area (Å²) in [6.07, 6.45) is 56.3. The van der Waals surface area contributed by atoms with Crippen LogP contribution in [0.3, 0.4) is 0 Å². The van der Waals surface area contributed by atoms with Crippen LogP contribution in [0.5, 0.6) is 0 Å². The van der Waals surface area contributed by atoms with Gasteiger partial charge in [0, 0.05) is 12.8 Å². The molecule has 1 aliphatic rings. The maximum atomic E-state index is 13.0. The van der Waals surface area contributed by atoms with E-state index in [4.69, 9.17) is 14.2 Å². The number of carbonyl (C=O) groups is 2. The number of hydrogen-bond donors (Lipinski definition) is 6. The molecule has 0 aromatic heterocycles. The van der Waals surface area contributed by atoms with E-state index in [1.165, 1.54) is 167 Å². The fourth-order valence-electron chi connectivity index (χ4n) is 9.45. The van der Waals surface area contributed by atoms with E-state index in [-0.39, 0.29) is 18.5 Å². The third-order valence-corrected chi connectivity index (χ3v) is 14.4. The number of ether oxygens (including phenoxy) is 3. The summed E-state index contributed by atoms with van der Waals surface area (Å²) < 4.78 is 16.7. The lowest BCUT2D eigenvalue weighted by Crippen LogP contribution is -2.60.